The minimum Gasteiger partial charge on any atom is -0.469 e. The van der Waals surface area contributed by atoms with Crippen LogP contribution in [0.4, 0.5) is 0 Å². The van der Waals surface area contributed by atoms with Crippen molar-refractivity contribution in [2.24, 2.45) is 0 Å². The first-order chi connectivity index (χ1) is 20.1. The molecule has 0 aromatic carbocycles. The molecule has 0 spiro atoms. The largest absolute Gasteiger partial charge is 0.469 e. The standard InChI is InChI=1S/C37H66O4/c1-4-6-8-10-12-14-16-18-19-21-23-25-27-29-31-33-36(38)41-35(34-37(39)40-3)32-30-28-26-24-22-20-17-15-13-11-9-7-5-2/h13,15,18-20,22,35H,4-12,14,16-17,21,23-34H2,1-3H3/b15-13-,19-18-,22-20-. The first-order valence-electron chi connectivity index (χ1n) is 17.3. The lowest BCUT2D eigenvalue weighted by atomic mass is 10.1. The summed E-state index contributed by atoms with van der Waals surface area (Å²) in [4.78, 5) is 24.2. The van der Waals surface area contributed by atoms with Crippen molar-refractivity contribution >= 4 is 11.9 Å². The Balaban J connectivity index is 3.87. The van der Waals surface area contributed by atoms with E-state index in [1.807, 2.05) is 0 Å². The molecule has 0 saturated carbocycles. The van der Waals surface area contributed by atoms with Crippen LogP contribution in [0.15, 0.2) is 36.5 Å². The van der Waals surface area contributed by atoms with E-state index < -0.39 is 0 Å². The number of allylic oxidation sites excluding steroid dienone is 6. The van der Waals surface area contributed by atoms with Crippen LogP contribution in [-0.2, 0) is 19.1 Å². The summed E-state index contributed by atoms with van der Waals surface area (Å²) in [6, 6.07) is 0. The van der Waals surface area contributed by atoms with Gasteiger partial charge in [0, 0.05) is 6.42 Å². The molecule has 4 heteroatoms. The second-order valence-electron chi connectivity index (χ2n) is 11.5. The molecular weight excluding hydrogens is 508 g/mol. The van der Waals surface area contributed by atoms with Gasteiger partial charge in [0.25, 0.3) is 0 Å². The number of esters is 2. The molecule has 41 heavy (non-hydrogen) atoms. The third-order valence-corrected chi connectivity index (χ3v) is 7.54. The lowest BCUT2D eigenvalue weighted by molar-refractivity contribution is -0.154. The van der Waals surface area contributed by atoms with Gasteiger partial charge in [0.15, 0.2) is 0 Å². The van der Waals surface area contributed by atoms with E-state index in [9.17, 15) is 9.59 Å². The lowest BCUT2D eigenvalue weighted by Crippen LogP contribution is -2.22. The number of methoxy groups -OCH3 is 1. The fourth-order valence-corrected chi connectivity index (χ4v) is 4.89. The van der Waals surface area contributed by atoms with Crippen LogP contribution in [0.3, 0.4) is 0 Å². The van der Waals surface area contributed by atoms with E-state index in [2.05, 4.69) is 50.3 Å². The number of unbranched alkanes of at least 4 members (excludes halogenated alkanes) is 17. The Bertz CT molecular complexity index is 664. The lowest BCUT2D eigenvalue weighted by Gasteiger charge is -2.17. The van der Waals surface area contributed by atoms with Crippen LogP contribution in [0.2, 0.25) is 0 Å². The Labute approximate surface area is 254 Å². The molecule has 0 radical (unpaired) electrons. The smallest absolute Gasteiger partial charge is 0.309 e. The first-order valence-corrected chi connectivity index (χ1v) is 17.3. The normalized spacial score (nSPS) is 12.6. The van der Waals surface area contributed by atoms with Crippen molar-refractivity contribution in [1.29, 1.82) is 0 Å². The fraction of sp³-hybridized carbons (Fsp3) is 0.784. The molecule has 0 bridgehead atoms. The van der Waals surface area contributed by atoms with Crippen LogP contribution < -0.4 is 0 Å². The Kier molecular flexibility index (Phi) is 31.2. The Morgan fingerprint density at radius 3 is 1.54 bits per heavy atom. The molecule has 1 unspecified atom stereocenters. The van der Waals surface area contributed by atoms with E-state index in [0.717, 1.165) is 57.8 Å². The van der Waals surface area contributed by atoms with Gasteiger partial charge in [-0.25, -0.2) is 0 Å². The van der Waals surface area contributed by atoms with E-state index >= 15 is 0 Å². The van der Waals surface area contributed by atoms with Gasteiger partial charge in [-0.2, -0.15) is 0 Å². The van der Waals surface area contributed by atoms with Crippen molar-refractivity contribution in [1.82, 2.24) is 0 Å². The van der Waals surface area contributed by atoms with Gasteiger partial charge in [-0.05, 0) is 77.0 Å². The molecule has 238 valence electrons. The minimum atomic E-state index is -0.369. The summed E-state index contributed by atoms with van der Waals surface area (Å²) >= 11 is 0. The van der Waals surface area contributed by atoms with E-state index in [1.165, 1.54) is 97.0 Å². The molecule has 1 atom stereocenters. The van der Waals surface area contributed by atoms with E-state index in [4.69, 9.17) is 9.47 Å². The van der Waals surface area contributed by atoms with Crippen molar-refractivity contribution in [3.63, 3.8) is 0 Å². The maximum absolute atomic E-state index is 12.4. The van der Waals surface area contributed by atoms with Crippen molar-refractivity contribution in [2.45, 2.75) is 180 Å². The summed E-state index contributed by atoms with van der Waals surface area (Å²) in [5.41, 5.74) is 0. The maximum Gasteiger partial charge on any atom is 0.309 e. The Morgan fingerprint density at radius 1 is 0.537 bits per heavy atom. The number of hydrogen-bond acceptors (Lipinski definition) is 4. The van der Waals surface area contributed by atoms with E-state index in [-0.39, 0.29) is 24.5 Å². The van der Waals surface area contributed by atoms with Crippen molar-refractivity contribution in [3.8, 4) is 0 Å². The third kappa shape index (κ3) is 30.9. The summed E-state index contributed by atoms with van der Waals surface area (Å²) in [6.07, 6.45) is 41.1. The SMILES string of the molecule is CCCCC/C=C\C/C=C\CCCCCC(CC(=O)OC)OC(=O)CCCCCCC/C=C\CCCCCCCC. The van der Waals surface area contributed by atoms with E-state index in [1.54, 1.807) is 0 Å². The molecule has 0 aliphatic rings. The van der Waals surface area contributed by atoms with Crippen LogP contribution in [0, 0.1) is 0 Å². The topological polar surface area (TPSA) is 52.6 Å². The summed E-state index contributed by atoms with van der Waals surface area (Å²) in [7, 11) is 1.39. The van der Waals surface area contributed by atoms with E-state index in [0.29, 0.717) is 6.42 Å². The van der Waals surface area contributed by atoms with Gasteiger partial charge in [-0.15, -0.1) is 0 Å². The molecule has 0 aromatic heterocycles. The van der Waals surface area contributed by atoms with Crippen LogP contribution >= 0.6 is 0 Å². The zero-order valence-electron chi connectivity index (χ0n) is 27.4. The fourth-order valence-electron chi connectivity index (χ4n) is 4.89. The monoisotopic (exact) mass is 574 g/mol. The molecule has 0 fully saturated rings. The Hall–Kier alpha value is -1.84. The average Bonchev–Trinajstić information content (AvgIpc) is 2.97. The zero-order chi connectivity index (χ0) is 30.1. The van der Waals surface area contributed by atoms with Gasteiger partial charge < -0.3 is 9.47 Å². The summed E-state index contributed by atoms with van der Waals surface area (Å²) < 4.78 is 10.5. The van der Waals surface area contributed by atoms with Gasteiger partial charge in [0.1, 0.15) is 6.10 Å². The highest BCUT2D eigenvalue weighted by Crippen LogP contribution is 2.15. The molecule has 4 nitrogen and oxygen atoms in total. The number of rotatable bonds is 30. The van der Waals surface area contributed by atoms with Gasteiger partial charge in [0.2, 0.25) is 0 Å². The summed E-state index contributed by atoms with van der Waals surface area (Å²) in [6.45, 7) is 4.50. The second kappa shape index (κ2) is 32.7. The summed E-state index contributed by atoms with van der Waals surface area (Å²) in [5, 5.41) is 0. The molecular formula is C37H66O4. The Morgan fingerprint density at radius 2 is 0.976 bits per heavy atom. The highest BCUT2D eigenvalue weighted by Gasteiger charge is 2.18. The van der Waals surface area contributed by atoms with Crippen LogP contribution in [0.25, 0.3) is 0 Å². The maximum atomic E-state index is 12.4. The molecule has 0 aliphatic heterocycles. The molecule has 0 N–H and O–H groups in total. The number of ether oxygens (including phenoxy) is 2. The molecule has 0 amide bonds. The van der Waals surface area contributed by atoms with Gasteiger partial charge >= 0.3 is 11.9 Å². The van der Waals surface area contributed by atoms with Crippen LogP contribution in [0.5, 0.6) is 0 Å². The molecule has 0 rings (SSSR count). The van der Waals surface area contributed by atoms with Crippen molar-refractivity contribution in [2.75, 3.05) is 7.11 Å². The summed E-state index contributed by atoms with van der Waals surface area (Å²) in [5.74, 6) is -0.489. The predicted molar refractivity (Wildman–Crippen MR) is 176 cm³/mol. The quantitative estimate of drug-likeness (QED) is 0.0486. The first kappa shape index (κ1) is 39.2. The molecule has 0 aromatic rings. The van der Waals surface area contributed by atoms with Crippen molar-refractivity contribution in [3.05, 3.63) is 36.5 Å². The molecule has 0 saturated heterocycles. The number of carbonyl (C=O) groups is 2. The van der Waals surface area contributed by atoms with Crippen molar-refractivity contribution < 1.29 is 19.1 Å². The highest BCUT2D eigenvalue weighted by atomic mass is 16.6. The number of carbonyl (C=O) groups excluding carboxylic acids is 2. The van der Waals surface area contributed by atoms with Crippen LogP contribution in [-0.4, -0.2) is 25.2 Å². The average molecular weight is 575 g/mol. The minimum absolute atomic E-state index is 0.152. The molecule has 0 heterocycles. The number of hydrogen-bond donors (Lipinski definition) is 0. The second-order valence-corrected chi connectivity index (χ2v) is 11.5. The zero-order valence-corrected chi connectivity index (χ0v) is 27.4. The highest BCUT2D eigenvalue weighted by molar-refractivity contribution is 5.72. The molecule has 0 aliphatic carbocycles. The van der Waals surface area contributed by atoms with Crippen LogP contribution in [0.1, 0.15) is 174 Å². The predicted octanol–water partition coefficient (Wildman–Crippen LogP) is 11.5. The van der Waals surface area contributed by atoms with Gasteiger partial charge in [-0.1, -0.05) is 121 Å². The third-order valence-electron chi connectivity index (χ3n) is 7.54. The van der Waals surface area contributed by atoms with Gasteiger partial charge in [-0.3, -0.25) is 9.59 Å². The van der Waals surface area contributed by atoms with Gasteiger partial charge in [0.05, 0.1) is 13.5 Å².